The molecular formula is C28H30N2O3S2. The number of hydrogen-bond acceptors (Lipinski definition) is 5. The minimum absolute atomic E-state index is 0.152. The summed E-state index contributed by atoms with van der Waals surface area (Å²) >= 11 is 1.87. The van der Waals surface area contributed by atoms with Gasteiger partial charge in [0, 0.05) is 35.2 Å². The van der Waals surface area contributed by atoms with Crippen LogP contribution in [0.5, 0.6) is 5.75 Å². The van der Waals surface area contributed by atoms with Crippen molar-refractivity contribution >= 4 is 32.8 Å². The first-order valence-electron chi connectivity index (χ1n) is 12.0. The van der Waals surface area contributed by atoms with E-state index in [1.807, 2.05) is 30.1 Å². The number of H-pyrrole nitrogens is 1. The van der Waals surface area contributed by atoms with Crippen LogP contribution in [0.3, 0.4) is 0 Å². The number of rotatable bonds is 9. The number of fused-ring (bicyclic) bond motifs is 1. The Hall–Kier alpha value is -2.74. The second-order valence-electron chi connectivity index (χ2n) is 8.92. The molecule has 2 heterocycles. The molecule has 5 rings (SSSR count). The van der Waals surface area contributed by atoms with Crippen molar-refractivity contribution in [2.24, 2.45) is 0 Å². The number of likely N-dealkylation sites (tertiary alicyclic amines) is 1. The van der Waals surface area contributed by atoms with Crippen LogP contribution in [-0.4, -0.2) is 43.7 Å². The van der Waals surface area contributed by atoms with Gasteiger partial charge in [-0.3, -0.25) is 0 Å². The number of nitrogens with zero attached hydrogens (tertiary/aromatic N) is 1. The molecular weight excluding hydrogens is 476 g/mol. The SMILES string of the molecule is O=S(=O)(Oc1cccc2[nH]cc(CSCCN3CCC(c4ccccc4)CC3)c12)c1ccccc1. The van der Waals surface area contributed by atoms with E-state index >= 15 is 0 Å². The molecule has 182 valence electrons. The van der Waals surface area contributed by atoms with E-state index in [-0.39, 0.29) is 4.90 Å². The van der Waals surface area contributed by atoms with Crippen LogP contribution in [-0.2, 0) is 15.9 Å². The van der Waals surface area contributed by atoms with Gasteiger partial charge in [-0.2, -0.15) is 20.2 Å². The van der Waals surface area contributed by atoms with Gasteiger partial charge in [-0.05, 0) is 67.2 Å². The maximum Gasteiger partial charge on any atom is 0.339 e. The molecule has 0 unspecified atom stereocenters. The fourth-order valence-electron chi connectivity index (χ4n) is 4.75. The second-order valence-corrected chi connectivity index (χ2v) is 11.6. The standard InChI is InChI=1S/C28H30N2O3S2/c31-35(32,25-10-5-2-6-11-25)33-27-13-7-12-26-28(27)24(20-29-26)21-34-19-18-30-16-14-23(15-17-30)22-8-3-1-4-9-22/h1-13,20,23,29H,14-19,21H2. The molecule has 5 nitrogen and oxygen atoms in total. The van der Waals surface area contributed by atoms with Crippen LogP contribution in [0.25, 0.3) is 10.9 Å². The van der Waals surface area contributed by atoms with E-state index in [1.54, 1.807) is 36.4 Å². The minimum Gasteiger partial charge on any atom is -0.378 e. The summed E-state index contributed by atoms with van der Waals surface area (Å²) in [5.74, 6) is 2.88. The number of piperidine rings is 1. The van der Waals surface area contributed by atoms with Crippen LogP contribution in [0.15, 0.2) is 90.0 Å². The molecule has 1 aliphatic rings. The van der Waals surface area contributed by atoms with Gasteiger partial charge < -0.3 is 14.1 Å². The molecule has 7 heteroatoms. The highest BCUT2D eigenvalue weighted by Crippen LogP contribution is 2.33. The van der Waals surface area contributed by atoms with Gasteiger partial charge in [0.25, 0.3) is 0 Å². The van der Waals surface area contributed by atoms with Crippen molar-refractivity contribution in [3.8, 4) is 5.75 Å². The number of hydrogen-bond donors (Lipinski definition) is 1. The molecule has 0 spiro atoms. The molecule has 1 aromatic heterocycles. The molecule has 0 atom stereocenters. The van der Waals surface area contributed by atoms with Crippen molar-refractivity contribution < 1.29 is 12.6 Å². The molecule has 3 aromatic carbocycles. The van der Waals surface area contributed by atoms with Gasteiger partial charge in [0.05, 0.1) is 0 Å². The highest BCUT2D eigenvalue weighted by molar-refractivity contribution is 7.98. The number of benzene rings is 3. The van der Waals surface area contributed by atoms with Crippen LogP contribution in [0, 0.1) is 0 Å². The molecule has 0 amide bonds. The average molecular weight is 507 g/mol. The zero-order valence-corrected chi connectivity index (χ0v) is 21.2. The van der Waals surface area contributed by atoms with Crippen LogP contribution in [0.2, 0.25) is 0 Å². The minimum atomic E-state index is -3.89. The normalized spacial score (nSPS) is 15.4. The lowest BCUT2D eigenvalue weighted by Crippen LogP contribution is -2.34. The van der Waals surface area contributed by atoms with E-state index in [0.29, 0.717) is 11.7 Å². The second kappa shape index (κ2) is 10.9. The zero-order valence-electron chi connectivity index (χ0n) is 19.6. The first-order valence-corrected chi connectivity index (χ1v) is 14.6. The Morgan fingerprint density at radius 3 is 2.37 bits per heavy atom. The molecule has 1 aliphatic heterocycles. The summed E-state index contributed by atoms with van der Waals surface area (Å²) < 4.78 is 31.2. The lowest BCUT2D eigenvalue weighted by Gasteiger charge is -2.32. The van der Waals surface area contributed by atoms with Crippen LogP contribution in [0.4, 0.5) is 0 Å². The van der Waals surface area contributed by atoms with E-state index in [4.69, 9.17) is 4.18 Å². The van der Waals surface area contributed by atoms with Crippen molar-refractivity contribution in [3.63, 3.8) is 0 Å². The first kappa shape index (κ1) is 24.0. The predicted molar refractivity (Wildman–Crippen MR) is 144 cm³/mol. The maximum absolute atomic E-state index is 12.8. The third-order valence-corrected chi connectivity index (χ3v) is 8.88. The van der Waals surface area contributed by atoms with Crippen molar-refractivity contribution in [1.29, 1.82) is 0 Å². The van der Waals surface area contributed by atoms with E-state index in [1.165, 1.54) is 18.4 Å². The van der Waals surface area contributed by atoms with Gasteiger partial charge in [0.1, 0.15) is 4.90 Å². The summed E-state index contributed by atoms with van der Waals surface area (Å²) in [5, 5.41) is 0.836. The van der Waals surface area contributed by atoms with E-state index in [0.717, 1.165) is 47.6 Å². The maximum atomic E-state index is 12.8. The van der Waals surface area contributed by atoms with Gasteiger partial charge in [-0.1, -0.05) is 54.6 Å². The number of nitrogens with one attached hydrogen (secondary N) is 1. The summed E-state index contributed by atoms with van der Waals surface area (Å²) in [6.45, 7) is 3.35. The fourth-order valence-corrected chi connectivity index (χ4v) is 6.69. The van der Waals surface area contributed by atoms with Crippen molar-refractivity contribution in [3.05, 3.63) is 96.2 Å². The van der Waals surface area contributed by atoms with E-state index in [9.17, 15) is 8.42 Å². The summed E-state index contributed by atoms with van der Waals surface area (Å²) in [6, 6.07) is 24.6. The van der Waals surface area contributed by atoms with Crippen LogP contribution >= 0.6 is 11.8 Å². The Kier molecular flexibility index (Phi) is 7.46. The monoisotopic (exact) mass is 506 g/mol. The molecule has 0 aliphatic carbocycles. The van der Waals surface area contributed by atoms with Crippen molar-refractivity contribution in [1.82, 2.24) is 9.88 Å². The Balaban J connectivity index is 1.17. The van der Waals surface area contributed by atoms with Crippen molar-refractivity contribution in [2.75, 3.05) is 25.4 Å². The van der Waals surface area contributed by atoms with E-state index in [2.05, 4.69) is 40.2 Å². The Morgan fingerprint density at radius 2 is 1.63 bits per heavy atom. The topological polar surface area (TPSA) is 62.4 Å². The van der Waals surface area contributed by atoms with Crippen LogP contribution < -0.4 is 4.18 Å². The quantitative estimate of drug-likeness (QED) is 0.221. The highest BCUT2D eigenvalue weighted by atomic mass is 32.2. The Labute approximate surface area is 211 Å². The Morgan fingerprint density at radius 1 is 0.914 bits per heavy atom. The largest absolute Gasteiger partial charge is 0.378 e. The molecule has 0 radical (unpaired) electrons. The molecule has 0 bridgehead atoms. The van der Waals surface area contributed by atoms with Gasteiger partial charge >= 0.3 is 10.1 Å². The smallest absolute Gasteiger partial charge is 0.339 e. The summed E-state index contributed by atoms with van der Waals surface area (Å²) in [7, 11) is -3.89. The van der Waals surface area contributed by atoms with E-state index < -0.39 is 10.1 Å². The number of aromatic amines is 1. The lowest BCUT2D eigenvalue weighted by atomic mass is 9.89. The summed E-state index contributed by atoms with van der Waals surface area (Å²) in [6.07, 6.45) is 4.40. The molecule has 4 aromatic rings. The average Bonchev–Trinajstić information content (AvgIpc) is 3.32. The third kappa shape index (κ3) is 5.74. The molecule has 35 heavy (non-hydrogen) atoms. The number of aromatic nitrogens is 1. The van der Waals surface area contributed by atoms with Crippen LogP contribution in [0.1, 0.15) is 29.9 Å². The molecule has 1 fully saturated rings. The third-order valence-electron chi connectivity index (χ3n) is 6.65. The van der Waals surface area contributed by atoms with Gasteiger partial charge in [0.2, 0.25) is 0 Å². The molecule has 0 saturated carbocycles. The van der Waals surface area contributed by atoms with Crippen molar-refractivity contribution in [2.45, 2.75) is 29.4 Å². The zero-order chi connectivity index (χ0) is 24.1. The molecule has 1 saturated heterocycles. The van der Waals surface area contributed by atoms with Gasteiger partial charge in [-0.15, -0.1) is 0 Å². The molecule has 1 N–H and O–H groups in total. The highest BCUT2D eigenvalue weighted by Gasteiger charge is 2.21. The lowest BCUT2D eigenvalue weighted by molar-refractivity contribution is 0.224. The van der Waals surface area contributed by atoms with Gasteiger partial charge in [0.15, 0.2) is 5.75 Å². The van der Waals surface area contributed by atoms with Gasteiger partial charge in [-0.25, -0.2) is 0 Å². The number of thioether (sulfide) groups is 1. The summed E-state index contributed by atoms with van der Waals surface area (Å²) in [5.41, 5.74) is 3.41. The predicted octanol–water partition coefficient (Wildman–Crippen LogP) is 6.05. The fraction of sp³-hybridized carbons (Fsp3) is 0.286. The first-order chi connectivity index (χ1) is 17.1. The summed E-state index contributed by atoms with van der Waals surface area (Å²) in [4.78, 5) is 5.98. The Bertz CT molecular complexity index is 1350.